The molecule has 0 saturated heterocycles. The molecule has 0 aromatic rings. The van der Waals surface area contributed by atoms with Crippen LogP contribution in [-0.2, 0) is 0 Å². The fourth-order valence-electron chi connectivity index (χ4n) is 4.12. The van der Waals surface area contributed by atoms with Crippen LogP contribution >= 0.6 is 0 Å². The van der Waals surface area contributed by atoms with Crippen molar-refractivity contribution < 1.29 is 0 Å². The Labute approximate surface area is 140 Å². The Kier molecular flexibility index (Phi) is 5.95. The molecule has 0 fully saturated rings. The van der Waals surface area contributed by atoms with Crippen LogP contribution in [0.25, 0.3) is 0 Å². The lowest BCUT2D eigenvalue weighted by molar-refractivity contribution is 0.142. The summed E-state index contributed by atoms with van der Waals surface area (Å²) in [7, 11) is -1.41. The van der Waals surface area contributed by atoms with E-state index in [9.17, 15) is 0 Å². The van der Waals surface area contributed by atoms with E-state index in [1.54, 1.807) is 22.3 Å². The average Bonchev–Trinajstić information content (AvgIpc) is 2.51. The van der Waals surface area contributed by atoms with Crippen LogP contribution in [-0.4, -0.2) is 31.2 Å². The molecular formula is C20H39NSi. The van der Waals surface area contributed by atoms with Crippen LogP contribution in [0.5, 0.6) is 0 Å². The van der Waals surface area contributed by atoms with Crippen LogP contribution in [0.2, 0.25) is 18.6 Å². The van der Waals surface area contributed by atoms with Gasteiger partial charge in [-0.25, -0.2) is 0 Å². The maximum absolute atomic E-state index is 2.74. The standard InChI is InChI=1S/C20H39NSi/c1-14(2)12-21(20(7,8)9)13-22(10,11)19-17(5)15(3)16(4)18(19)6/h14,19H,12-13H2,1-11H3. The van der Waals surface area contributed by atoms with Gasteiger partial charge in [0, 0.05) is 12.1 Å². The third-order valence-corrected chi connectivity index (χ3v) is 9.15. The summed E-state index contributed by atoms with van der Waals surface area (Å²) in [6.07, 6.45) is 1.29. The van der Waals surface area contributed by atoms with Crippen molar-refractivity contribution in [1.29, 1.82) is 0 Å². The molecule has 0 spiro atoms. The normalized spacial score (nSPS) is 18.4. The highest BCUT2D eigenvalue weighted by Gasteiger charge is 2.41. The van der Waals surface area contributed by atoms with Crippen molar-refractivity contribution in [3.63, 3.8) is 0 Å². The van der Waals surface area contributed by atoms with Gasteiger partial charge in [-0.3, -0.25) is 0 Å². The first-order valence-corrected chi connectivity index (χ1v) is 12.2. The molecule has 1 aliphatic carbocycles. The molecule has 1 rings (SSSR count). The number of allylic oxidation sites excluding steroid dienone is 4. The third kappa shape index (κ3) is 4.14. The minimum Gasteiger partial charge on any atom is -0.301 e. The molecule has 1 nitrogen and oxygen atoms in total. The van der Waals surface area contributed by atoms with Crippen LogP contribution < -0.4 is 0 Å². The van der Waals surface area contributed by atoms with Gasteiger partial charge in [0.2, 0.25) is 0 Å². The Bertz CT molecular complexity index is 450. The SMILES string of the molecule is CC1=C(C)C([Si](C)(C)CN(CC(C)C)C(C)(C)C)C(C)=C1C. The number of hydrogen-bond acceptors (Lipinski definition) is 1. The van der Waals surface area contributed by atoms with Gasteiger partial charge < -0.3 is 4.90 Å². The van der Waals surface area contributed by atoms with E-state index in [1.165, 1.54) is 12.7 Å². The Hall–Kier alpha value is -0.343. The molecule has 22 heavy (non-hydrogen) atoms. The predicted octanol–water partition coefficient (Wildman–Crippen LogP) is 6.05. The van der Waals surface area contributed by atoms with Gasteiger partial charge in [-0.15, -0.1) is 0 Å². The highest BCUT2D eigenvalue weighted by molar-refractivity contribution is 6.80. The first-order valence-electron chi connectivity index (χ1n) is 8.89. The molecule has 0 atom stereocenters. The maximum atomic E-state index is 2.74. The van der Waals surface area contributed by atoms with Crippen molar-refractivity contribution in [2.45, 2.75) is 86.5 Å². The lowest BCUT2D eigenvalue weighted by Gasteiger charge is -2.44. The molecule has 0 saturated carbocycles. The highest BCUT2D eigenvalue weighted by atomic mass is 28.3. The zero-order valence-electron chi connectivity index (χ0n) is 17.0. The largest absolute Gasteiger partial charge is 0.301 e. The van der Waals surface area contributed by atoms with Gasteiger partial charge in [0.05, 0.1) is 8.07 Å². The average molecular weight is 322 g/mol. The fraction of sp³-hybridized carbons (Fsp3) is 0.800. The quantitative estimate of drug-likeness (QED) is 0.557. The van der Waals surface area contributed by atoms with Gasteiger partial charge >= 0.3 is 0 Å². The molecule has 0 radical (unpaired) electrons. The first-order chi connectivity index (χ1) is 9.79. The Morgan fingerprint density at radius 3 is 1.68 bits per heavy atom. The molecule has 0 aromatic heterocycles. The van der Waals surface area contributed by atoms with E-state index < -0.39 is 8.07 Å². The smallest absolute Gasteiger partial charge is 0.0746 e. The van der Waals surface area contributed by atoms with E-state index in [0.29, 0.717) is 0 Å². The van der Waals surface area contributed by atoms with E-state index >= 15 is 0 Å². The first kappa shape index (κ1) is 19.7. The molecule has 0 unspecified atom stereocenters. The summed E-state index contributed by atoms with van der Waals surface area (Å²) in [6, 6.07) is 0. The fourth-order valence-corrected chi connectivity index (χ4v) is 8.67. The molecule has 2 heteroatoms. The van der Waals surface area contributed by atoms with E-state index in [0.717, 1.165) is 11.5 Å². The van der Waals surface area contributed by atoms with E-state index in [1.807, 2.05) is 0 Å². The van der Waals surface area contributed by atoms with Crippen LogP contribution in [0, 0.1) is 5.92 Å². The highest BCUT2D eigenvalue weighted by Crippen LogP contribution is 2.47. The lowest BCUT2D eigenvalue weighted by atomic mass is 10.1. The zero-order valence-corrected chi connectivity index (χ0v) is 18.0. The predicted molar refractivity (Wildman–Crippen MR) is 104 cm³/mol. The molecule has 0 N–H and O–H groups in total. The molecule has 0 aliphatic heterocycles. The van der Waals surface area contributed by atoms with Gasteiger partial charge in [-0.05, 0) is 77.2 Å². The van der Waals surface area contributed by atoms with Crippen molar-refractivity contribution in [2.24, 2.45) is 5.92 Å². The Morgan fingerprint density at radius 2 is 1.36 bits per heavy atom. The van der Waals surface area contributed by atoms with Gasteiger partial charge in [0.15, 0.2) is 0 Å². The second kappa shape index (κ2) is 6.65. The topological polar surface area (TPSA) is 3.24 Å². The zero-order chi connectivity index (χ0) is 17.5. The Balaban J connectivity index is 3.09. The summed E-state index contributed by atoms with van der Waals surface area (Å²) >= 11 is 0. The molecule has 0 bridgehead atoms. The monoisotopic (exact) mass is 321 g/mol. The summed E-state index contributed by atoms with van der Waals surface area (Å²) in [5.41, 5.74) is 7.37. The van der Waals surface area contributed by atoms with Crippen molar-refractivity contribution >= 4 is 8.07 Å². The van der Waals surface area contributed by atoms with Gasteiger partial charge in [0.25, 0.3) is 0 Å². The number of rotatable bonds is 5. The summed E-state index contributed by atoms with van der Waals surface area (Å²) in [5, 5.41) is 0. The molecular weight excluding hydrogens is 282 g/mol. The summed E-state index contributed by atoms with van der Waals surface area (Å²) in [4.78, 5) is 2.74. The van der Waals surface area contributed by atoms with Gasteiger partial charge in [0.1, 0.15) is 0 Å². The van der Waals surface area contributed by atoms with Gasteiger partial charge in [-0.2, -0.15) is 0 Å². The van der Waals surface area contributed by atoms with Crippen molar-refractivity contribution in [1.82, 2.24) is 4.90 Å². The van der Waals surface area contributed by atoms with Crippen LogP contribution in [0.15, 0.2) is 22.3 Å². The van der Waals surface area contributed by atoms with Crippen LogP contribution in [0.4, 0.5) is 0 Å². The molecule has 0 amide bonds. The Morgan fingerprint density at radius 1 is 0.955 bits per heavy atom. The van der Waals surface area contributed by atoms with E-state index in [4.69, 9.17) is 0 Å². The minimum atomic E-state index is -1.41. The summed E-state index contributed by atoms with van der Waals surface area (Å²) < 4.78 is 0. The number of nitrogens with zero attached hydrogens (tertiary/aromatic N) is 1. The third-order valence-electron chi connectivity index (χ3n) is 5.53. The molecule has 0 heterocycles. The van der Waals surface area contributed by atoms with Gasteiger partial charge in [-0.1, -0.05) is 38.1 Å². The molecule has 0 aromatic carbocycles. The summed E-state index contributed by atoms with van der Waals surface area (Å²) in [5.74, 6) is 0.726. The van der Waals surface area contributed by atoms with E-state index in [2.05, 4.69) is 80.3 Å². The van der Waals surface area contributed by atoms with Crippen molar-refractivity contribution in [3.05, 3.63) is 22.3 Å². The van der Waals surface area contributed by atoms with Crippen molar-refractivity contribution in [2.75, 3.05) is 12.7 Å². The lowest BCUT2D eigenvalue weighted by Crippen LogP contribution is -2.54. The van der Waals surface area contributed by atoms with Crippen LogP contribution in [0.3, 0.4) is 0 Å². The summed E-state index contributed by atoms with van der Waals surface area (Å²) in [6.45, 7) is 27.6. The molecule has 128 valence electrons. The number of hydrogen-bond donors (Lipinski definition) is 0. The second-order valence-electron chi connectivity index (χ2n) is 9.48. The second-order valence-corrected chi connectivity index (χ2v) is 14.4. The van der Waals surface area contributed by atoms with Crippen LogP contribution in [0.1, 0.15) is 62.3 Å². The van der Waals surface area contributed by atoms with Crippen molar-refractivity contribution in [3.8, 4) is 0 Å². The van der Waals surface area contributed by atoms with E-state index in [-0.39, 0.29) is 5.54 Å². The minimum absolute atomic E-state index is 0.256. The molecule has 1 aliphatic rings. The maximum Gasteiger partial charge on any atom is 0.0746 e.